The van der Waals surface area contributed by atoms with E-state index in [4.69, 9.17) is 4.74 Å². The minimum atomic E-state index is -4.95. The summed E-state index contributed by atoms with van der Waals surface area (Å²) in [4.78, 5) is 20.6. The highest BCUT2D eigenvalue weighted by molar-refractivity contribution is 7.90. The van der Waals surface area contributed by atoms with E-state index < -0.39 is 56.4 Å². The predicted molar refractivity (Wildman–Crippen MR) is 118 cm³/mol. The van der Waals surface area contributed by atoms with Crippen molar-refractivity contribution in [3.05, 3.63) is 58.9 Å². The average Bonchev–Trinajstić information content (AvgIpc) is 3.52. The predicted octanol–water partition coefficient (Wildman–Crippen LogP) is 4.23. The molecule has 0 atom stereocenters. The van der Waals surface area contributed by atoms with E-state index in [-0.39, 0.29) is 16.0 Å². The van der Waals surface area contributed by atoms with E-state index in [1.165, 1.54) is 24.4 Å². The number of aromatic nitrogens is 4. The number of carbonyl (C=O) groups is 1. The van der Waals surface area contributed by atoms with Crippen LogP contribution in [0.4, 0.5) is 23.2 Å². The Balaban J connectivity index is 1.73. The minimum Gasteiger partial charge on any atom is -0.414 e. The zero-order chi connectivity index (χ0) is 26.5. The Hall–Kier alpha value is -3.68. The molecule has 4 rings (SSSR count). The second-order valence-corrected chi connectivity index (χ2v) is 10.6. The van der Waals surface area contributed by atoms with Crippen LogP contribution in [0.25, 0.3) is 0 Å². The van der Waals surface area contributed by atoms with Gasteiger partial charge in [-0.3, -0.25) is 4.79 Å². The lowest BCUT2D eigenvalue weighted by Gasteiger charge is -2.16. The van der Waals surface area contributed by atoms with E-state index >= 15 is 0 Å². The smallest absolute Gasteiger partial charge is 0.414 e. The van der Waals surface area contributed by atoms with Crippen LogP contribution < -0.4 is 10.1 Å². The van der Waals surface area contributed by atoms with Gasteiger partial charge < -0.3 is 10.1 Å². The summed E-state index contributed by atoms with van der Waals surface area (Å²) in [5, 5.41) is 8.79. The highest BCUT2D eigenvalue weighted by Gasteiger charge is 2.42. The average molecular weight is 525 g/mol. The number of amides is 1. The second-order valence-electron chi connectivity index (χ2n) is 8.62. The molecule has 0 spiro atoms. The van der Waals surface area contributed by atoms with Gasteiger partial charge >= 0.3 is 6.18 Å². The lowest BCUT2D eigenvalue weighted by atomic mass is 10.1. The van der Waals surface area contributed by atoms with Crippen molar-refractivity contribution in [2.75, 3.05) is 11.6 Å². The molecule has 1 aliphatic rings. The first-order chi connectivity index (χ1) is 16.7. The van der Waals surface area contributed by atoms with Gasteiger partial charge in [0, 0.05) is 17.4 Å². The Morgan fingerprint density at radius 3 is 2.44 bits per heavy atom. The summed E-state index contributed by atoms with van der Waals surface area (Å²) in [6.07, 6.45) is -1.11. The lowest BCUT2D eigenvalue weighted by molar-refractivity contribution is -0.142. The van der Waals surface area contributed by atoms with Crippen molar-refractivity contribution in [1.82, 2.24) is 20.2 Å². The summed E-state index contributed by atoms with van der Waals surface area (Å²) in [5.41, 5.74) is -2.71. The summed E-state index contributed by atoms with van der Waals surface area (Å²) in [6, 6.07) is 5.09. The van der Waals surface area contributed by atoms with E-state index in [2.05, 4.69) is 25.5 Å². The molecule has 1 fully saturated rings. The number of sulfone groups is 1. The van der Waals surface area contributed by atoms with E-state index in [1.54, 1.807) is 0 Å². The zero-order valence-corrected chi connectivity index (χ0v) is 20.0. The first kappa shape index (κ1) is 25.4. The normalized spacial score (nSPS) is 14.9. The van der Waals surface area contributed by atoms with Crippen LogP contribution in [-0.4, -0.2) is 40.7 Å². The maximum atomic E-state index is 14.6. The maximum Gasteiger partial charge on any atom is 0.435 e. The Kier molecular flexibility index (Phi) is 6.19. The fraction of sp³-hybridized carbons (Fsp3) is 0.318. The third kappa shape index (κ3) is 5.12. The summed E-state index contributed by atoms with van der Waals surface area (Å²) >= 11 is 0. The van der Waals surface area contributed by atoms with E-state index in [1.807, 2.05) is 6.92 Å². The van der Waals surface area contributed by atoms with E-state index in [9.17, 15) is 30.8 Å². The second kappa shape index (κ2) is 8.76. The van der Waals surface area contributed by atoms with Gasteiger partial charge in [0.25, 0.3) is 23.6 Å². The van der Waals surface area contributed by atoms with Gasteiger partial charge in [0.15, 0.2) is 15.5 Å². The van der Waals surface area contributed by atoms with Gasteiger partial charge in [-0.15, -0.1) is 10.2 Å². The van der Waals surface area contributed by atoms with Crippen LogP contribution in [0.5, 0.6) is 11.8 Å². The van der Waals surface area contributed by atoms with Crippen molar-refractivity contribution >= 4 is 21.4 Å². The molecule has 0 radical (unpaired) electrons. The van der Waals surface area contributed by atoms with E-state index in [0.717, 1.165) is 32.1 Å². The molecule has 1 saturated carbocycles. The summed E-state index contributed by atoms with van der Waals surface area (Å²) in [5.74, 6) is -3.70. The van der Waals surface area contributed by atoms with Crippen molar-refractivity contribution in [1.29, 1.82) is 0 Å². The van der Waals surface area contributed by atoms with Crippen LogP contribution >= 0.6 is 0 Å². The molecule has 3 aromatic rings. The van der Waals surface area contributed by atoms with Crippen LogP contribution in [0.2, 0.25) is 0 Å². The molecule has 0 saturated heterocycles. The molecule has 0 unspecified atom stereocenters. The number of anilines is 1. The van der Waals surface area contributed by atoms with Gasteiger partial charge in [-0.1, -0.05) is 13.0 Å². The van der Waals surface area contributed by atoms with Gasteiger partial charge in [0.1, 0.15) is 5.56 Å². The molecule has 2 aromatic heterocycles. The summed E-state index contributed by atoms with van der Waals surface area (Å²) < 4.78 is 83.9. The Labute approximate surface area is 202 Å². The molecule has 9 nitrogen and oxygen atoms in total. The van der Waals surface area contributed by atoms with Crippen LogP contribution in [0.15, 0.2) is 35.4 Å². The maximum absolute atomic E-state index is 14.6. The molecule has 2 heterocycles. The number of nitrogens with one attached hydrogen (secondary N) is 1. The zero-order valence-electron chi connectivity index (χ0n) is 19.1. The van der Waals surface area contributed by atoms with Crippen LogP contribution in [0, 0.1) is 12.9 Å². The van der Waals surface area contributed by atoms with Gasteiger partial charge in [0.05, 0.1) is 16.8 Å². The number of carbonyl (C=O) groups excluding carboxylic acids is 1. The third-order valence-electron chi connectivity index (χ3n) is 5.71. The molecule has 0 aliphatic heterocycles. The number of benzene rings is 1. The van der Waals surface area contributed by atoms with Gasteiger partial charge in [-0.05, 0) is 43.5 Å². The minimum absolute atomic E-state index is 0.0216. The number of nitrogens with zero attached hydrogens (tertiary/aromatic N) is 4. The Bertz CT molecular complexity index is 1470. The van der Waals surface area contributed by atoms with Gasteiger partial charge in [-0.2, -0.15) is 17.6 Å². The molecule has 1 aliphatic carbocycles. The van der Waals surface area contributed by atoms with Crippen LogP contribution in [0.3, 0.4) is 0 Å². The van der Waals surface area contributed by atoms with Crippen molar-refractivity contribution in [2.45, 2.75) is 43.2 Å². The van der Waals surface area contributed by atoms with Crippen LogP contribution in [0.1, 0.15) is 47.1 Å². The monoisotopic (exact) mass is 525 g/mol. The molecule has 36 heavy (non-hydrogen) atoms. The van der Waals surface area contributed by atoms with Gasteiger partial charge in [0.2, 0.25) is 0 Å². The Morgan fingerprint density at radius 1 is 1.17 bits per heavy atom. The highest BCUT2D eigenvalue weighted by atomic mass is 32.2. The molecule has 190 valence electrons. The fourth-order valence-corrected chi connectivity index (χ4v) is 4.02. The number of ether oxygens (including phenoxy) is 1. The highest BCUT2D eigenvalue weighted by Crippen LogP contribution is 2.46. The number of hydrogen-bond donors (Lipinski definition) is 1. The van der Waals surface area contributed by atoms with Crippen LogP contribution in [-0.2, 0) is 21.4 Å². The Morgan fingerprint density at radius 2 is 1.86 bits per heavy atom. The van der Waals surface area contributed by atoms with E-state index in [0.29, 0.717) is 5.69 Å². The number of halogens is 4. The summed E-state index contributed by atoms with van der Waals surface area (Å²) in [7, 11) is -3.63. The molecule has 1 aromatic carbocycles. The van der Waals surface area contributed by atoms with Crippen molar-refractivity contribution in [3.8, 4) is 11.8 Å². The molecular formula is C22H19F4N5O4S. The number of alkyl halides is 3. The van der Waals surface area contributed by atoms with Crippen molar-refractivity contribution < 1.29 is 35.5 Å². The van der Waals surface area contributed by atoms with Crippen molar-refractivity contribution in [2.24, 2.45) is 0 Å². The molecule has 0 bridgehead atoms. The fourth-order valence-electron chi connectivity index (χ4n) is 3.36. The molecule has 1 amide bonds. The number of rotatable bonds is 6. The summed E-state index contributed by atoms with van der Waals surface area (Å²) in [6.45, 7) is 2.86. The lowest BCUT2D eigenvalue weighted by Crippen LogP contribution is -2.21. The third-order valence-corrected chi connectivity index (χ3v) is 6.82. The first-order valence-electron chi connectivity index (χ1n) is 10.5. The topological polar surface area (TPSA) is 124 Å². The standard InChI is InChI=1S/C22H19F4N5O4S/c1-11-15(18(32)28-12-5-4-6-13(9-12)36(3,33)34)19(31-30-16(11)22(24,25)26)35-20-17(23)29-14(10-27-20)21(2)7-8-21/h4-6,9-10H,7-8H2,1-3H3,(H,28,32). The SMILES string of the molecule is Cc1c(C(F)(F)F)nnc(Oc2ncc(C3(C)CC3)nc2F)c1C(=O)Nc1cccc(S(C)(=O)=O)c1. The van der Waals surface area contributed by atoms with Gasteiger partial charge in [-0.25, -0.2) is 18.4 Å². The first-order valence-corrected chi connectivity index (χ1v) is 12.3. The molecule has 14 heteroatoms. The quantitative estimate of drug-likeness (QED) is 0.474. The molecule has 1 N–H and O–H groups in total. The van der Waals surface area contributed by atoms with Crippen molar-refractivity contribution in [3.63, 3.8) is 0 Å². The number of hydrogen-bond acceptors (Lipinski definition) is 8. The molecular weight excluding hydrogens is 506 g/mol. The largest absolute Gasteiger partial charge is 0.435 e.